The van der Waals surface area contributed by atoms with E-state index in [4.69, 9.17) is 4.74 Å². The van der Waals surface area contributed by atoms with Crippen LogP contribution < -0.4 is 5.32 Å². The summed E-state index contributed by atoms with van der Waals surface area (Å²) in [6, 6.07) is 4.93. The quantitative estimate of drug-likeness (QED) is 0.614. The third kappa shape index (κ3) is 6.06. The van der Waals surface area contributed by atoms with E-state index in [0.717, 1.165) is 5.03 Å². The van der Waals surface area contributed by atoms with Gasteiger partial charge in [-0.2, -0.15) is 0 Å². The molecule has 0 aliphatic rings. The Hall–Kier alpha value is -1.56. The van der Waals surface area contributed by atoms with Crippen molar-refractivity contribution in [2.45, 2.75) is 31.3 Å². The second kappa shape index (κ2) is 8.58. The minimum absolute atomic E-state index is 0.197. The highest BCUT2D eigenvalue weighted by molar-refractivity contribution is 7.99. The Balaban J connectivity index is 2.47. The number of hydrogen-bond donors (Lipinski definition) is 1. The van der Waals surface area contributed by atoms with Crippen molar-refractivity contribution in [2.75, 3.05) is 12.9 Å². The lowest BCUT2D eigenvalue weighted by Gasteiger charge is -2.18. The maximum atomic E-state index is 11.9. The fraction of sp³-hybridized carbons (Fsp3) is 0.500. The Morgan fingerprint density at radius 2 is 2.15 bits per heavy atom. The Labute approximate surface area is 123 Å². The van der Waals surface area contributed by atoms with Crippen molar-refractivity contribution in [3.63, 3.8) is 0 Å². The molecule has 1 aromatic heterocycles. The number of rotatable bonds is 7. The molecule has 0 saturated heterocycles. The van der Waals surface area contributed by atoms with E-state index in [1.165, 1.54) is 18.9 Å². The molecule has 0 spiro atoms. The summed E-state index contributed by atoms with van der Waals surface area (Å²) in [6.45, 7) is 3.98. The Morgan fingerprint density at radius 1 is 1.40 bits per heavy atom. The lowest BCUT2D eigenvalue weighted by molar-refractivity contribution is -0.145. The molecule has 0 aliphatic carbocycles. The molecule has 0 aliphatic heterocycles. The molecular weight excluding hydrogens is 276 g/mol. The van der Waals surface area contributed by atoms with Gasteiger partial charge in [-0.15, -0.1) is 0 Å². The van der Waals surface area contributed by atoms with Gasteiger partial charge in [0, 0.05) is 6.20 Å². The lowest BCUT2D eigenvalue weighted by atomic mass is 10.0. The number of methoxy groups -OCH3 is 1. The van der Waals surface area contributed by atoms with Crippen LogP contribution in [-0.4, -0.2) is 35.8 Å². The van der Waals surface area contributed by atoms with Crippen LogP contribution in [0.3, 0.4) is 0 Å². The molecule has 6 heteroatoms. The molecule has 0 fully saturated rings. The van der Waals surface area contributed by atoms with Gasteiger partial charge in [0.25, 0.3) is 0 Å². The van der Waals surface area contributed by atoms with E-state index >= 15 is 0 Å². The topological polar surface area (TPSA) is 68.3 Å². The molecule has 5 nitrogen and oxygen atoms in total. The molecule has 0 bridgehead atoms. The van der Waals surface area contributed by atoms with Crippen LogP contribution in [0.5, 0.6) is 0 Å². The van der Waals surface area contributed by atoms with Crippen molar-refractivity contribution in [3.05, 3.63) is 24.4 Å². The first-order valence-electron chi connectivity index (χ1n) is 6.44. The first kappa shape index (κ1) is 16.5. The predicted molar refractivity (Wildman–Crippen MR) is 78.4 cm³/mol. The zero-order chi connectivity index (χ0) is 15.0. The number of hydrogen-bond acceptors (Lipinski definition) is 5. The van der Waals surface area contributed by atoms with E-state index in [9.17, 15) is 9.59 Å². The minimum Gasteiger partial charge on any atom is -0.467 e. The van der Waals surface area contributed by atoms with Gasteiger partial charge in [0.15, 0.2) is 0 Å². The van der Waals surface area contributed by atoms with E-state index in [-0.39, 0.29) is 11.7 Å². The normalized spacial score (nSPS) is 12.0. The number of esters is 1. The fourth-order valence-corrected chi connectivity index (χ4v) is 2.31. The van der Waals surface area contributed by atoms with Gasteiger partial charge >= 0.3 is 5.97 Å². The summed E-state index contributed by atoms with van der Waals surface area (Å²) in [4.78, 5) is 27.6. The smallest absolute Gasteiger partial charge is 0.328 e. The van der Waals surface area contributed by atoms with E-state index < -0.39 is 12.0 Å². The van der Waals surface area contributed by atoms with Crippen LogP contribution in [0, 0.1) is 5.92 Å². The van der Waals surface area contributed by atoms with Crippen LogP contribution in [0.2, 0.25) is 0 Å². The van der Waals surface area contributed by atoms with Gasteiger partial charge in [0.05, 0.1) is 17.9 Å². The number of amides is 1. The summed E-state index contributed by atoms with van der Waals surface area (Å²) in [5.41, 5.74) is 0. The van der Waals surface area contributed by atoms with Gasteiger partial charge in [-0.05, 0) is 24.5 Å². The van der Waals surface area contributed by atoms with Crippen molar-refractivity contribution in [1.29, 1.82) is 0 Å². The molecule has 1 amide bonds. The van der Waals surface area contributed by atoms with Gasteiger partial charge in [-0.3, -0.25) is 4.79 Å². The molecule has 1 atom stereocenters. The van der Waals surface area contributed by atoms with Gasteiger partial charge in [-0.25, -0.2) is 9.78 Å². The molecule has 1 aromatic rings. The van der Waals surface area contributed by atoms with Crippen molar-refractivity contribution < 1.29 is 14.3 Å². The van der Waals surface area contributed by atoms with Crippen molar-refractivity contribution >= 4 is 23.6 Å². The molecule has 0 radical (unpaired) electrons. The maximum absolute atomic E-state index is 11.9. The molecule has 0 unspecified atom stereocenters. The van der Waals surface area contributed by atoms with Gasteiger partial charge < -0.3 is 10.1 Å². The van der Waals surface area contributed by atoms with Gasteiger partial charge in [-0.1, -0.05) is 31.7 Å². The van der Waals surface area contributed by atoms with E-state index in [2.05, 4.69) is 10.3 Å². The summed E-state index contributed by atoms with van der Waals surface area (Å²) in [7, 11) is 1.32. The average molecular weight is 296 g/mol. The zero-order valence-corrected chi connectivity index (χ0v) is 12.8. The summed E-state index contributed by atoms with van der Waals surface area (Å²) >= 11 is 1.33. The number of carbonyl (C=O) groups is 2. The van der Waals surface area contributed by atoms with Crippen LogP contribution in [-0.2, 0) is 14.3 Å². The molecule has 0 aromatic carbocycles. The third-order valence-electron chi connectivity index (χ3n) is 2.52. The number of aromatic nitrogens is 1. The molecule has 1 rings (SSSR count). The Bertz CT molecular complexity index is 437. The second-order valence-corrected chi connectivity index (χ2v) is 5.73. The van der Waals surface area contributed by atoms with Crippen molar-refractivity contribution in [2.24, 2.45) is 5.92 Å². The Kier molecular flexibility index (Phi) is 7.08. The summed E-state index contributed by atoms with van der Waals surface area (Å²) in [6.07, 6.45) is 2.24. The summed E-state index contributed by atoms with van der Waals surface area (Å²) in [5, 5.41) is 3.49. The Morgan fingerprint density at radius 3 is 2.70 bits per heavy atom. The predicted octanol–water partition coefficient (Wildman–Crippen LogP) is 1.88. The van der Waals surface area contributed by atoms with E-state index in [0.29, 0.717) is 12.3 Å². The highest BCUT2D eigenvalue weighted by Gasteiger charge is 2.22. The van der Waals surface area contributed by atoms with Crippen LogP contribution in [0.25, 0.3) is 0 Å². The SMILES string of the molecule is COC(=O)[C@@H](CC(C)C)NC(=O)CSc1ccccn1. The molecule has 1 N–H and O–H groups in total. The summed E-state index contributed by atoms with van der Waals surface area (Å²) in [5.74, 6) is -0.0859. The molecule has 110 valence electrons. The highest BCUT2D eigenvalue weighted by atomic mass is 32.2. The number of ether oxygens (including phenoxy) is 1. The molecular formula is C14H20N2O3S. The summed E-state index contributed by atoms with van der Waals surface area (Å²) < 4.78 is 4.70. The third-order valence-corrected chi connectivity index (χ3v) is 3.46. The second-order valence-electron chi connectivity index (χ2n) is 4.73. The molecule has 20 heavy (non-hydrogen) atoms. The minimum atomic E-state index is -0.586. The van der Waals surface area contributed by atoms with Gasteiger partial charge in [0.1, 0.15) is 6.04 Å². The van der Waals surface area contributed by atoms with Gasteiger partial charge in [0.2, 0.25) is 5.91 Å². The number of nitrogens with zero attached hydrogens (tertiary/aromatic N) is 1. The van der Waals surface area contributed by atoms with Crippen LogP contribution in [0.4, 0.5) is 0 Å². The molecule has 0 saturated carbocycles. The number of nitrogens with one attached hydrogen (secondary N) is 1. The zero-order valence-electron chi connectivity index (χ0n) is 12.0. The lowest BCUT2D eigenvalue weighted by Crippen LogP contribution is -2.43. The number of pyridine rings is 1. The standard InChI is InChI=1S/C14H20N2O3S/c1-10(2)8-11(14(18)19-3)16-12(17)9-20-13-6-4-5-7-15-13/h4-7,10-11H,8-9H2,1-3H3,(H,16,17)/t11-/m1/s1. The van der Waals surface area contributed by atoms with Crippen LogP contribution in [0.15, 0.2) is 29.4 Å². The maximum Gasteiger partial charge on any atom is 0.328 e. The fourth-order valence-electron chi connectivity index (χ4n) is 1.64. The van der Waals surface area contributed by atoms with Crippen LogP contribution >= 0.6 is 11.8 Å². The number of carbonyl (C=O) groups excluding carboxylic acids is 2. The highest BCUT2D eigenvalue weighted by Crippen LogP contribution is 2.14. The van der Waals surface area contributed by atoms with Crippen molar-refractivity contribution in [3.8, 4) is 0 Å². The first-order valence-corrected chi connectivity index (χ1v) is 7.42. The van der Waals surface area contributed by atoms with E-state index in [1.807, 2.05) is 32.0 Å². The van der Waals surface area contributed by atoms with E-state index in [1.54, 1.807) is 6.20 Å². The first-order chi connectivity index (χ1) is 9.52. The van der Waals surface area contributed by atoms with Crippen molar-refractivity contribution in [1.82, 2.24) is 10.3 Å². The number of thioether (sulfide) groups is 1. The molecule has 1 heterocycles. The largest absolute Gasteiger partial charge is 0.467 e. The average Bonchev–Trinajstić information content (AvgIpc) is 2.44. The monoisotopic (exact) mass is 296 g/mol. The van der Waals surface area contributed by atoms with Crippen LogP contribution in [0.1, 0.15) is 20.3 Å².